The molecule has 0 saturated heterocycles. The minimum Gasteiger partial charge on any atom is -0.465 e. The van der Waals surface area contributed by atoms with Crippen LogP contribution in [0.1, 0.15) is 15.2 Å². The number of rotatable bonds is 3. The van der Waals surface area contributed by atoms with E-state index in [2.05, 4.69) is 15.9 Å². The molecule has 0 N–H and O–H groups in total. The maximum Gasteiger partial charge on any atom is 0.348 e. The van der Waals surface area contributed by atoms with Gasteiger partial charge >= 0.3 is 5.97 Å². The highest BCUT2D eigenvalue weighted by atomic mass is 79.9. The van der Waals surface area contributed by atoms with Gasteiger partial charge in [0.05, 0.1) is 7.11 Å². The van der Waals surface area contributed by atoms with E-state index in [0.717, 1.165) is 16.5 Å². The highest BCUT2D eigenvalue weighted by molar-refractivity contribution is 9.08. The lowest BCUT2D eigenvalue weighted by Crippen LogP contribution is -1.99. The number of benzene rings is 1. The first-order valence-electron chi connectivity index (χ1n) is 5.07. The van der Waals surface area contributed by atoms with Crippen LogP contribution in [0.25, 0.3) is 11.1 Å². The van der Waals surface area contributed by atoms with Crippen LogP contribution in [0.3, 0.4) is 0 Å². The van der Waals surface area contributed by atoms with Gasteiger partial charge in [-0.25, -0.2) is 4.79 Å². The van der Waals surface area contributed by atoms with E-state index in [1.807, 2.05) is 35.7 Å². The zero-order chi connectivity index (χ0) is 12.3. The molecule has 2 aromatic rings. The minimum atomic E-state index is -0.278. The minimum absolute atomic E-state index is 0.278. The van der Waals surface area contributed by atoms with E-state index in [9.17, 15) is 4.79 Å². The van der Waals surface area contributed by atoms with Crippen molar-refractivity contribution >= 4 is 33.2 Å². The molecule has 0 aliphatic heterocycles. The topological polar surface area (TPSA) is 26.3 Å². The van der Waals surface area contributed by atoms with Crippen molar-refractivity contribution in [1.82, 2.24) is 0 Å². The Morgan fingerprint density at radius 2 is 2.00 bits per heavy atom. The first kappa shape index (κ1) is 12.3. The highest BCUT2D eigenvalue weighted by Crippen LogP contribution is 2.29. The summed E-state index contributed by atoms with van der Waals surface area (Å²) in [6.07, 6.45) is 0. The van der Waals surface area contributed by atoms with Crippen LogP contribution >= 0.6 is 27.3 Å². The van der Waals surface area contributed by atoms with Gasteiger partial charge in [0.1, 0.15) is 4.88 Å². The Balaban J connectivity index is 2.39. The quantitative estimate of drug-likeness (QED) is 0.630. The molecule has 1 aromatic carbocycles. The number of thiophene rings is 1. The van der Waals surface area contributed by atoms with Gasteiger partial charge in [0.25, 0.3) is 0 Å². The van der Waals surface area contributed by atoms with Crippen LogP contribution in [0.15, 0.2) is 35.7 Å². The summed E-state index contributed by atoms with van der Waals surface area (Å²) in [5.74, 6) is -0.278. The molecule has 0 bridgehead atoms. The molecule has 0 radical (unpaired) electrons. The molecule has 0 amide bonds. The van der Waals surface area contributed by atoms with Gasteiger partial charge in [-0.3, -0.25) is 0 Å². The van der Waals surface area contributed by atoms with Crippen molar-refractivity contribution in [2.75, 3.05) is 7.11 Å². The standard InChI is InChI=1S/C13H11BrO2S/c1-16-13(15)12-11(6-7-17-12)10-4-2-9(8-14)3-5-10/h2-7H,8H2,1H3. The molecule has 4 heteroatoms. The van der Waals surface area contributed by atoms with Crippen LogP contribution in [-0.2, 0) is 10.1 Å². The fraction of sp³-hybridized carbons (Fsp3) is 0.154. The predicted octanol–water partition coefficient (Wildman–Crippen LogP) is 4.10. The average molecular weight is 311 g/mol. The fourth-order valence-corrected chi connectivity index (χ4v) is 2.77. The number of hydrogen-bond acceptors (Lipinski definition) is 3. The lowest BCUT2D eigenvalue weighted by molar-refractivity contribution is 0.0607. The van der Waals surface area contributed by atoms with Gasteiger partial charge in [-0.1, -0.05) is 40.2 Å². The van der Waals surface area contributed by atoms with Crippen molar-refractivity contribution < 1.29 is 9.53 Å². The summed E-state index contributed by atoms with van der Waals surface area (Å²) < 4.78 is 4.77. The van der Waals surface area contributed by atoms with Crippen molar-refractivity contribution in [3.63, 3.8) is 0 Å². The maximum absolute atomic E-state index is 11.6. The Bertz CT molecular complexity index is 516. The second kappa shape index (κ2) is 5.47. The zero-order valence-corrected chi connectivity index (χ0v) is 11.7. The van der Waals surface area contributed by atoms with Crippen LogP contribution in [0.5, 0.6) is 0 Å². The molecular weight excluding hydrogens is 300 g/mol. The largest absolute Gasteiger partial charge is 0.465 e. The summed E-state index contributed by atoms with van der Waals surface area (Å²) in [6.45, 7) is 0. The average Bonchev–Trinajstić information content (AvgIpc) is 2.87. The van der Waals surface area contributed by atoms with Crippen LogP contribution < -0.4 is 0 Å². The molecule has 0 saturated carbocycles. The summed E-state index contributed by atoms with van der Waals surface area (Å²) in [5, 5.41) is 2.74. The Hall–Kier alpha value is -1.13. The molecule has 0 atom stereocenters. The molecule has 88 valence electrons. The van der Waals surface area contributed by atoms with Gasteiger partial charge in [-0.2, -0.15) is 0 Å². The first-order chi connectivity index (χ1) is 8.26. The van der Waals surface area contributed by atoms with E-state index in [1.165, 1.54) is 24.0 Å². The third-order valence-electron chi connectivity index (χ3n) is 2.46. The Morgan fingerprint density at radius 3 is 2.59 bits per heavy atom. The number of carbonyl (C=O) groups is 1. The predicted molar refractivity (Wildman–Crippen MR) is 73.7 cm³/mol. The number of methoxy groups -OCH3 is 1. The van der Waals surface area contributed by atoms with Gasteiger partial charge < -0.3 is 4.74 Å². The van der Waals surface area contributed by atoms with Gasteiger partial charge in [-0.05, 0) is 22.6 Å². The third kappa shape index (κ3) is 2.58. The molecule has 2 nitrogen and oxygen atoms in total. The Morgan fingerprint density at radius 1 is 1.29 bits per heavy atom. The molecule has 1 aromatic heterocycles. The molecule has 0 unspecified atom stereocenters. The number of ether oxygens (including phenoxy) is 1. The number of halogens is 1. The second-order valence-corrected chi connectivity index (χ2v) is 4.96. The summed E-state index contributed by atoms with van der Waals surface area (Å²) in [6, 6.07) is 10.1. The molecule has 0 spiro atoms. The molecule has 2 rings (SSSR count). The summed E-state index contributed by atoms with van der Waals surface area (Å²) in [4.78, 5) is 12.2. The van der Waals surface area contributed by atoms with Gasteiger partial charge in [0, 0.05) is 10.9 Å². The smallest absolute Gasteiger partial charge is 0.348 e. The normalized spacial score (nSPS) is 10.2. The van der Waals surface area contributed by atoms with Crippen molar-refractivity contribution in [2.45, 2.75) is 5.33 Å². The lowest BCUT2D eigenvalue weighted by atomic mass is 10.1. The molecule has 1 heterocycles. The van der Waals surface area contributed by atoms with E-state index in [-0.39, 0.29) is 5.97 Å². The Labute approximate surface area is 112 Å². The number of esters is 1. The molecular formula is C13H11BrO2S. The molecule has 0 aliphatic rings. The van der Waals surface area contributed by atoms with Crippen LogP contribution in [-0.4, -0.2) is 13.1 Å². The molecule has 17 heavy (non-hydrogen) atoms. The van der Waals surface area contributed by atoms with E-state index in [1.54, 1.807) is 0 Å². The summed E-state index contributed by atoms with van der Waals surface area (Å²) in [5.41, 5.74) is 3.18. The van der Waals surface area contributed by atoms with Crippen molar-refractivity contribution in [1.29, 1.82) is 0 Å². The SMILES string of the molecule is COC(=O)c1sccc1-c1ccc(CBr)cc1. The summed E-state index contributed by atoms with van der Waals surface area (Å²) >= 11 is 4.81. The van der Waals surface area contributed by atoms with E-state index in [4.69, 9.17) is 4.74 Å². The van der Waals surface area contributed by atoms with Crippen molar-refractivity contribution in [3.8, 4) is 11.1 Å². The number of hydrogen-bond donors (Lipinski definition) is 0. The van der Waals surface area contributed by atoms with Crippen molar-refractivity contribution in [3.05, 3.63) is 46.2 Å². The van der Waals surface area contributed by atoms with Crippen LogP contribution in [0.4, 0.5) is 0 Å². The molecule has 0 aliphatic carbocycles. The zero-order valence-electron chi connectivity index (χ0n) is 9.27. The Kier molecular flexibility index (Phi) is 3.97. The monoisotopic (exact) mass is 310 g/mol. The molecule has 0 fully saturated rings. The van der Waals surface area contributed by atoms with E-state index in [0.29, 0.717) is 4.88 Å². The van der Waals surface area contributed by atoms with Crippen molar-refractivity contribution in [2.24, 2.45) is 0 Å². The van der Waals surface area contributed by atoms with E-state index < -0.39 is 0 Å². The van der Waals surface area contributed by atoms with Crippen LogP contribution in [0.2, 0.25) is 0 Å². The lowest BCUT2D eigenvalue weighted by Gasteiger charge is -2.03. The van der Waals surface area contributed by atoms with E-state index >= 15 is 0 Å². The second-order valence-electron chi connectivity index (χ2n) is 3.49. The third-order valence-corrected chi connectivity index (χ3v) is 4.00. The number of carbonyl (C=O) groups excluding carboxylic acids is 1. The number of alkyl halides is 1. The van der Waals surface area contributed by atoms with Gasteiger partial charge in [0.15, 0.2) is 0 Å². The highest BCUT2D eigenvalue weighted by Gasteiger charge is 2.14. The first-order valence-corrected chi connectivity index (χ1v) is 7.07. The maximum atomic E-state index is 11.6. The van der Waals surface area contributed by atoms with Crippen LogP contribution in [0, 0.1) is 0 Å². The summed E-state index contributed by atoms with van der Waals surface area (Å²) in [7, 11) is 1.40. The van der Waals surface area contributed by atoms with Gasteiger partial charge in [0.2, 0.25) is 0 Å². The fourth-order valence-electron chi connectivity index (χ4n) is 1.56. The van der Waals surface area contributed by atoms with Gasteiger partial charge in [-0.15, -0.1) is 11.3 Å².